The molecule has 14 nitrogen and oxygen atoms in total. The minimum atomic E-state index is -3.09. The van der Waals surface area contributed by atoms with Crippen LogP contribution < -0.4 is 10.4 Å². The lowest BCUT2D eigenvalue weighted by atomic mass is 9.92. The second kappa shape index (κ2) is 16.5. The lowest BCUT2D eigenvalue weighted by molar-refractivity contribution is -0.385. The first kappa shape index (κ1) is 39.8. The van der Waals surface area contributed by atoms with E-state index in [4.69, 9.17) is 18.6 Å². The number of nitro benzene ring substituents is 2. The first-order chi connectivity index (χ1) is 26.7. The number of fused-ring (bicyclic) bond motifs is 1. The number of amides is 1. The van der Waals surface area contributed by atoms with Crippen LogP contribution in [-0.4, -0.2) is 59.2 Å². The zero-order valence-electron chi connectivity index (χ0n) is 31.0. The largest absolute Gasteiger partial charge is 0.508 e. The topological polar surface area (TPSA) is 178 Å². The average molecular weight is 798 g/mol. The third kappa shape index (κ3) is 8.08. The van der Waals surface area contributed by atoms with E-state index in [0.717, 1.165) is 10.4 Å². The number of non-ortho nitro benzene ring substituents is 2. The molecular formula is C40H39N3O11SSi. The van der Waals surface area contributed by atoms with Gasteiger partial charge in [-0.05, 0) is 57.7 Å². The summed E-state index contributed by atoms with van der Waals surface area (Å²) in [6.07, 6.45) is -1.98. The summed E-state index contributed by atoms with van der Waals surface area (Å²) >= 11 is 1.27. The lowest BCUT2D eigenvalue weighted by Crippen LogP contribution is -2.66. The Labute approximate surface area is 327 Å². The minimum Gasteiger partial charge on any atom is -0.456 e. The van der Waals surface area contributed by atoms with Crippen LogP contribution in [0.5, 0.6) is 0 Å². The van der Waals surface area contributed by atoms with Crippen molar-refractivity contribution in [3.05, 3.63) is 151 Å². The monoisotopic (exact) mass is 797 g/mol. The van der Waals surface area contributed by atoms with Gasteiger partial charge < -0.3 is 18.6 Å². The molecule has 1 fully saturated rings. The Morgan fingerprint density at radius 3 is 1.71 bits per heavy atom. The summed E-state index contributed by atoms with van der Waals surface area (Å²) in [7, 11) is -3.09. The van der Waals surface area contributed by atoms with E-state index in [1.165, 1.54) is 65.2 Å². The average Bonchev–Trinajstić information content (AvgIpc) is 3.51. The molecule has 1 amide bonds. The Morgan fingerprint density at radius 1 is 0.768 bits per heavy atom. The Hall–Kier alpha value is -5.84. The van der Waals surface area contributed by atoms with Gasteiger partial charge in [-0.2, -0.15) is 0 Å². The number of benzene rings is 4. The highest BCUT2D eigenvalue weighted by atomic mass is 32.2. The zero-order chi connectivity index (χ0) is 40.2. The molecule has 2 aliphatic heterocycles. The van der Waals surface area contributed by atoms with Crippen LogP contribution >= 0.6 is 11.8 Å². The zero-order valence-corrected chi connectivity index (χ0v) is 32.8. The number of rotatable bonds is 14. The van der Waals surface area contributed by atoms with E-state index in [-0.39, 0.29) is 41.9 Å². The molecule has 6 rings (SSSR count). The second-order valence-electron chi connectivity index (χ2n) is 14.3. The highest BCUT2D eigenvalue weighted by molar-refractivity contribution is 8.04. The van der Waals surface area contributed by atoms with Gasteiger partial charge >= 0.3 is 12.1 Å². The molecule has 56 heavy (non-hydrogen) atoms. The van der Waals surface area contributed by atoms with Crippen molar-refractivity contribution >= 4 is 59.9 Å². The highest BCUT2D eigenvalue weighted by Crippen LogP contribution is 2.51. The van der Waals surface area contributed by atoms with E-state index in [2.05, 4.69) is 20.8 Å². The van der Waals surface area contributed by atoms with E-state index in [1.54, 1.807) is 6.92 Å². The van der Waals surface area contributed by atoms with Crippen LogP contribution in [0.1, 0.15) is 38.8 Å². The van der Waals surface area contributed by atoms with Gasteiger partial charge in [0.1, 0.15) is 36.3 Å². The van der Waals surface area contributed by atoms with Crippen molar-refractivity contribution in [2.75, 3.05) is 6.61 Å². The van der Waals surface area contributed by atoms with Gasteiger partial charge in [0.2, 0.25) is 5.91 Å². The molecular weight excluding hydrogens is 759 g/mol. The van der Waals surface area contributed by atoms with Crippen LogP contribution in [0.25, 0.3) is 0 Å². The van der Waals surface area contributed by atoms with E-state index < -0.39 is 53.6 Å². The Kier molecular flexibility index (Phi) is 11.7. The third-order valence-corrected chi connectivity index (χ3v) is 16.0. The van der Waals surface area contributed by atoms with Crippen LogP contribution in [0.3, 0.4) is 0 Å². The second-order valence-corrected chi connectivity index (χ2v) is 19.8. The molecule has 0 unspecified atom stereocenters. The van der Waals surface area contributed by atoms with Crippen molar-refractivity contribution < 1.29 is 42.9 Å². The molecule has 0 spiro atoms. The maximum Gasteiger partial charge on any atom is 0.508 e. The van der Waals surface area contributed by atoms with E-state index in [0.29, 0.717) is 16.0 Å². The van der Waals surface area contributed by atoms with Crippen LogP contribution in [0.2, 0.25) is 5.04 Å². The maximum absolute atomic E-state index is 14.0. The number of hydrogen-bond acceptors (Lipinski definition) is 12. The first-order valence-corrected chi connectivity index (χ1v) is 20.4. The number of hydrogen-bond donors (Lipinski definition) is 0. The highest BCUT2D eigenvalue weighted by Gasteiger charge is 2.60. The molecule has 2 heterocycles. The Morgan fingerprint density at radius 2 is 1.25 bits per heavy atom. The fraction of sp³-hybridized carbons (Fsp3) is 0.275. The van der Waals surface area contributed by atoms with Crippen molar-refractivity contribution in [1.82, 2.24) is 4.90 Å². The van der Waals surface area contributed by atoms with Gasteiger partial charge in [0.25, 0.3) is 19.7 Å². The summed E-state index contributed by atoms with van der Waals surface area (Å²) < 4.78 is 23.6. The fourth-order valence-electron chi connectivity index (χ4n) is 6.91. The predicted octanol–water partition coefficient (Wildman–Crippen LogP) is 6.61. The molecule has 0 radical (unpaired) electrons. The van der Waals surface area contributed by atoms with Crippen LogP contribution in [0, 0.1) is 26.1 Å². The predicted molar refractivity (Wildman–Crippen MR) is 209 cm³/mol. The number of carbonyl (C=O) groups is 3. The van der Waals surface area contributed by atoms with Crippen LogP contribution in [0.15, 0.2) is 120 Å². The summed E-state index contributed by atoms with van der Waals surface area (Å²) in [6, 6.07) is 31.1. The summed E-state index contributed by atoms with van der Waals surface area (Å²) in [4.78, 5) is 63.4. The molecule has 0 N–H and O–H groups in total. The lowest BCUT2D eigenvalue weighted by Gasteiger charge is -2.44. The summed E-state index contributed by atoms with van der Waals surface area (Å²) in [6.45, 7) is 7.51. The smallest absolute Gasteiger partial charge is 0.456 e. The van der Waals surface area contributed by atoms with Crippen molar-refractivity contribution in [1.29, 1.82) is 0 Å². The van der Waals surface area contributed by atoms with E-state index in [9.17, 15) is 34.6 Å². The molecule has 0 bridgehead atoms. The normalized spacial score (nSPS) is 17.1. The number of thioether (sulfide) groups is 1. The molecule has 0 aromatic heterocycles. The summed E-state index contributed by atoms with van der Waals surface area (Å²) in [5.74, 6) is -2.07. The molecule has 4 aromatic rings. The van der Waals surface area contributed by atoms with Crippen LogP contribution in [0.4, 0.5) is 16.2 Å². The van der Waals surface area contributed by atoms with Gasteiger partial charge in [-0.1, -0.05) is 93.2 Å². The van der Waals surface area contributed by atoms with Crippen molar-refractivity contribution in [2.45, 2.75) is 57.4 Å². The van der Waals surface area contributed by atoms with Crippen molar-refractivity contribution in [2.24, 2.45) is 5.92 Å². The molecule has 0 saturated carbocycles. The molecule has 1 saturated heterocycles. The Bertz CT molecular complexity index is 2100. The number of ether oxygens (including phenoxy) is 3. The standard InChI is InChI=1S/C40H39N3O11SSi/c1-26(54-39(46)52-24-28-17-21-30(22-18-28)43(49)50)34-36(44)41-35(38(45)51-23-27-15-19-29(20-16-27)42(47)48)33(55-37(34)41)25-53-56(40(2,3)4,31-11-7-5-8-12-31)32-13-9-6-10-14-32/h5-22,26,34,37H,23-25H2,1-4H3/t26-,34+,37-/m1/s1. The number of nitro groups is 2. The van der Waals surface area contributed by atoms with Crippen molar-refractivity contribution in [3.8, 4) is 0 Å². The SMILES string of the molecule is C[C@@H](OC(=O)OCc1ccc([N+](=O)[O-])cc1)[C@H]1C(=O)N2C(C(=O)OCc3ccc([N+](=O)[O-])cc3)=C(CO[Si](c3ccccc3)(c3ccccc3)C(C)(C)C)S[C@H]12. The minimum absolute atomic E-state index is 0.0223. The number of esters is 1. The van der Waals surface area contributed by atoms with Gasteiger partial charge in [-0.3, -0.25) is 29.9 Å². The molecule has 3 atom stereocenters. The molecule has 4 aromatic carbocycles. The molecule has 0 aliphatic carbocycles. The van der Waals surface area contributed by atoms with Gasteiger partial charge in [0.15, 0.2) is 0 Å². The van der Waals surface area contributed by atoms with Gasteiger partial charge in [0.05, 0.1) is 16.5 Å². The van der Waals surface area contributed by atoms with E-state index >= 15 is 0 Å². The first-order valence-electron chi connectivity index (χ1n) is 17.7. The molecule has 2 aliphatic rings. The van der Waals surface area contributed by atoms with Crippen molar-refractivity contribution in [3.63, 3.8) is 0 Å². The van der Waals surface area contributed by atoms with Gasteiger partial charge in [-0.25, -0.2) is 9.59 Å². The maximum atomic E-state index is 14.0. The van der Waals surface area contributed by atoms with Crippen LogP contribution in [-0.2, 0) is 41.4 Å². The summed E-state index contributed by atoms with van der Waals surface area (Å²) in [5, 5.41) is 23.1. The fourth-order valence-corrected chi connectivity index (χ4v) is 13.0. The number of nitrogens with zero attached hydrogens (tertiary/aromatic N) is 3. The summed E-state index contributed by atoms with van der Waals surface area (Å²) in [5.41, 5.74) is 0.827. The van der Waals surface area contributed by atoms with Gasteiger partial charge in [-0.15, -0.1) is 0 Å². The number of carbonyl (C=O) groups excluding carboxylic acids is 3. The molecule has 16 heteroatoms. The molecule has 290 valence electrons. The van der Waals surface area contributed by atoms with Gasteiger partial charge in [0, 0.05) is 29.2 Å². The quantitative estimate of drug-likeness (QED) is 0.0439. The van der Waals surface area contributed by atoms with E-state index in [1.807, 2.05) is 60.7 Å². The Balaban J connectivity index is 1.24. The third-order valence-electron chi connectivity index (χ3n) is 9.69. The number of β-lactam (4-membered cyclic amide) rings is 1.